The van der Waals surface area contributed by atoms with E-state index in [1.165, 1.54) is 11.6 Å². The number of carboxylic acids is 1. The third kappa shape index (κ3) is 3.38. The average Bonchev–Trinajstić information content (AvgIpc) is 2.42. The van der Waals surface area contributed by atoms with Crippen LogP contribution in [0.1, 0.15) is 22.3 Å². The molecule has 3 nitrogen and oxygen atoms in total. The van der Waals surface area contributed by atoms with Crippen LogP contribution in [0.15, 0.2) is 42.5 Å². The Balaban J connectivity index is 2.61. The highest BCUT2D eigenvalue weighted by molar-refractivity contribution is 5.95. The molecule has 0 bridgehead atoms. The zero-order chi connectivity index (χ0) is 15.4. The summed E-state index contributed by atoms with van der Waals surface area (Å²) in [5, 5.41) is 20.3. The van der Waals surface area contributed by atoms with Gasteiger partial charge in [-0.05, 0) is 41.3 Å². The number of aliphatic carboxylic acids is 1. The van der Waals surface area contributed by atoms with E-state index in [1.807, 2.05) is 25.1 Å². The van der Waals surface area contributed by atoms with Crippen LogP contribution in [0, 0.1) is 13.8 Å². The SMILES string of the molecule is Cc1cc(C)c2c(/C=C/C=C/C(=O)O)c(CO)ccc2c1. The van der Waals surface area contributed by atoms with Crippen LogP contribution in [0.25, 0.3) is 16.8 Å². The van der Waals surface area contributed by atoms with Gasteiger partial charge in [0, 0.05) is 6.08 Å². The Bertz CT molecular complexity index is 740. The van der Waals surface area contributed by atoms with Gasteiger partial charge in [-0.3, -0.25) is 0 Å². The Morgan fingerprint density at radius 2 is 1.95 bits per heavy atom. The van der Waals surface area contributed by atoms with Crippen LogP contribution in [0.4, 0.5) is 0 Å². The number of rotatable bonds is 4. The van der Waals surface area contributed by atoms with Crippen molar-refractivity contribution in [1.29, 1.82) is 0 Å². The number of carboxylic acid groups (broad SMARTS) is 1. The van der Waals surface area contributed by atoms with Gasteiger partial charge >= 0.3 is 5.97 Å². The number of carbonyl (C=O) groups is 1. The molecule has 108 valence electrons. The largest absolute Gasteiger partial charge is 0.478 e. The number of allylic oxidation sites excluding steroid dienone is 2. The van der Waals surface area contributed by atoms with Crippen molar-refractivity contribution in [3.63, 3.8) is 0 Å². The minimum Gasteiger partial charge on any atom is -0.478 e. The van der Waals surface area contributed by atoms with Crippen LogP contribution in [-0.4, -0.2) is 16.2 Å². The molecule has 0 amide bonds. The van der Waals surface area contributed by atoms with Gasteiger partial charge in [-0.2, -0.15) is 0 Å². The first-order valence-corrected chi connectivity index (χ1v) is 6.74. The summed E-state index contributed by atoms with van der Waals surface area (Å²) in [6, 6.07) is 8.12. The smallest absolute Gasteiger partial charge is 0.328 e. The molecule has 2 aromatic rings. The summed E-state index contributed by atoms with van der Waals surface area (Å²) in [5.41, 5.74) is 4.09. The Morgan fingerprint density at radius 1 is 1.19 bits per heavy atom. The van der Waals surface area contributed by atoms with Gasteiger partial charge in [0.1, 0.15) is 0 Å². The lowest BCUT2D eigenvalue weighted by Gasteiger charge is -2.11. The van der Waals surface area contributed by atoms with E-state index in [0.29, 0.717) is 0 Å². The average molecular weight is 282 g/mol. The van der Waals surface area contributed by atoms with Crippen LogP contribution in [0.2, 0.25) is 0 Å². The summed E-state index contributed by atoms with van der Waals surface area (Å²) < 4.78 is 0. The van der Waals surface area contributed by atoms with E-state index < -0.39 is 5.97 Å². The molecule has 0 heterocycles. The summed E-state index contributed by atoms with van der Waals surface area (Å²) >= 11 is 0. The predicted molar refractivity (Wildman–Crippen MR) is 85.2 cm³/mol. The predicted octanol–water partition coefficient (Wildman–Crippen LogP) is 3.60. The second-order valence-electron chi connectivity index (χ2n) is 5.03. The Hall–Kier alpha value is -2.39. The highest BCUT2D eigenvalue weighted by atomic mass is 16.4. The van der Waals surface area contributed by atoms with Crippen molar-refractivity contribution in [3.05, 3.63) is 64.7 Å². The van der Waals surface area contributed by atoms with Gasteiger partial charge < -0.3 is 10.2 Å². The fourth-order valence-corrected chi connectivity index (χ4v) is 2.56. The van der Waals surface area contributed by atoms with Gasteiger partial charge in [0.15, 0.2) is 0 Å². The van der Waals surface area contributed by atoms with E-state index in [-0.39, 0.29) is 6.61 Å². The topological polar surface area (TPSA) is 57.5 Å². The van der Waals surface area contributed by atoms with Crippen molar-refractivity contribution in [2.24, 2.45) is 0 Å². The van der Waals surface area contributed by atoms with E-state index in [2.05, 4.69) is 19.1 Å². The van der Waals surface area contributed by atoms with Gasteiger partial charge in [-0.1, -0.05) is 48.1 Å². The van der Waals surface area contributed by atoms with Gasteiger partial charge in [-0.25, -0.2) is 4.79 Å². The van der Waals surface area contributed by atoms with E-state index in [1.54, 1.807) is 6.08 Å². The van der Waals surface area contributed by atoms with E-state index in [4.69, 9.17) is 5.11 Å². The van der Waals surface area contributed by atoms with Crippen molar-refractivity contribution in [1.82, 2.24) is 0 Å². The van der Waals surface area contributed by atoms with Gasteiger partial charge in [0.2, 0.25) is 0 Å². The van der Waals surface area contributed by atoms with Gasteiger partial charge in [-0.15, -0.1) is 0 Å². The van der Waals surface area contributed by atoms with E-state index in [9.17, 15) is 9.90 Å². The first-order valence-electron chi connectivity index (χ1n) is 6.74. The molecular formula is C18H18O3. The van der Waals surface area contributed by atoms with Crippen molar-refractivity contribution in [2.45, 2.75) is 20.5 Å². The maximum Gasteiger partial charge on any atom is 0.328 e. The highest BCUT2D eigenvalue weighted by Gasteiger charge is 2.07. The fourth-order valence-electron chi connectivity index (χ4n) is 2.56. The fraction of sp³-hybridized carbons (Fsp3) is 0.167. The van der Waals surface area contributed by atoms with E-state index in [0.717, 1.165) is 33.5 Å². The monoisotopic (exact) mass is 282 g/mol. The summed E-state index contributed by atoms with van der Waals surface area (Å²) in [5.74, 6) is -0.980. The number of benzene rings is 2. The van der Waals surface area contributed by atoms with Crippen LogP contribution in [0.3, 0.4) is 0 Å². The maximum atomic E-state index is 10.5. The molecule has 0 atom stereocenters. The molecule has 0 aliphatic carbocycles. The molecule has 2 aromatic carbocycles. The molecule has 0 spiro atoms. The minimum atomic E-state index is -0.980. The summed E-state index contributed by atoms with van der Waals surface area (Å²) in [6.45, 7) is 4.05. The maximum absolute atomic E-state index is 10.5. The number of fused-ring (bicyclic) bond motifs is 1. The first-order chi connectivity index (χ1) is 10.0. The summed E-state index contributed by atoms with van der Waals surface area (Å²) in [7, 11) is 0. The zero-order valence-corrected chi connectivity index (χ0v) is 12.1. The zero-order valence-electron chi connectivity index (χ0n) is 12.1. The molecule has 2 N–H and O–H groups in total. The second-order valence-corrected chi connectivity index (χ2v) is 5.03. The highest BCUT2D eigenvalue weighted by Crippen LogP contribution is 2.28. The van der Waals surface area contributed by atoms with Crippen molar-refractivity contribution >= 4 is 22.8 Å². The molecule has 0 unspecified atom stereocenters. The second kappa shape index (κ2) is 6.37. The molecular weight excluding hydrogens is 264 g/mol. The molecule has 0 saturated carbocycles. The number of aliphatic hydroxyl groups excluding tert-OH is 1. The standard InChI is InChI=1S/C18H18O3/c1-12-9-13(2)18-14(10-12)7-8-15(11-19)16(18)5-3-4-6-17(20)21/h3-10,19H,11H2,1-2H3,(H,20,21)/b5-3+,6-4+. The van der Waals surface area contributed by atoms with Crippen LogP contribution >= 0.6 is 0 Å². The number of aliphatic hydroxyl groups is 1. The normalized spacial score (nSPS) is 11.8. The third-order valence-corrected chi connectivity index (χ3v) is 3.37. The van der Waals surface area contributed by atoms with Gasteiger partial charge in [0.25, 0.3) is 0 Å². The Kier molecular flexibility index (Phi) is 4.55. The molecule has 0 fully saturated rings. The number of hydrogen-bond acceptors (Lipinski definition) is 2. The van der Waals surface area contributed by atoms with Crippen molar-refractivity contribution < 1.29 is 15.0 Å². The lowest BCUT2D eigenvalue weighted by Crippen LogP contribution is -1.93. The van der Waals surface area contributed by atoms with Crippen molar-refractivity contribution in [3.8, 4) is 0 Å². The molecule has 0 aliphatic heterocycles. The number of aryl methyl sites for hydroxylation is 2. The lowest BCUT2D eigenvalue weighted by atomic mass is 9.94. The van der Waals surface area contributed by atoms with Gasteiger partial charge in [0.05, 0.1) is 6.61 Å². The summed E-state index contributed by atoms with van der Waals surface area (Å²) in [6.07, 6.45) is 6.08. The molecule has 0 aliphatic rings. The van der Waals surface area contributed by atoms with E-state index >= 15 is 0 Å². The lowest BCUT2D eigenvalue weighted by molar-refractivity contribution is -0.131. The Labute approximate surface area is 123 Å². The summed E-state index contributed by atoms with van der Waals surface area (Å²) in [4.78, 5) is 10.5. The first kappa shape index (κ1) is 15.0. The van der Waals surface area contributed by atoms with Crippen LogP contribution in [0.5, 0.6) is 0 Å². The molecule has 3 heteroatoms. The quantitative estimate of drug-likeness (QED) is 0.665. The number of hydrogen-bond donors (Lipinski definition) is 2. The molecule has 21 heavy (non-hydrogen) atoms. The van der Waals surface area contributed by atoms with Crippen LogP contribution < -0.4 is 0 Å². The molecule has 0 aromatic heterocycles. The minimum absolute atomic E-state index is 0.0500. The van der Waals surface area contributed by atoms with Crippen molar-refractivity contribution in [2.75, 3.05) is 0 Å². The molecule has 0 saturated heterocycles. The molecule has 0 radical (unpaired) electrons. The van der Waals surface area contributed by atoms with Crippen LogP contribution in [-0.2, 0) is 11.4 Å². The molecule has 2 rings (SSSR count). The Morgan fingerprint density at radius 3 is 2.62 bits per heavy atom. The third-order valence-electron chi connectivity index (χ3n) is 3.37.